The van der Waals surface area contributed by atoms with E-state index in [1.807, 2.05) is 20.0 Å². The van der Waals surface area contributed by atoms with Crippen molar-refractivity contribution in [3.8, 4) is 0 Å². The molecule has 0 aliphatic rings. The second-order valence-electron chi connectivity index (χ2n) is 3.68. The lowest BCUT2D eigenvalue weighted by atomic mass is 10.2. The van der Waals surface area contributed by atoms with Gasteiger partial charge in [-0.3, -0.25) is 4.98 Å². The Morgan fingerprint density at radius 1 is 1.12 bits per heavy atom. The van der Waals surface area contributed by atoms with Gasteiger partial charge in [-0.25, -0.2) is 4.98 Å². The van der Waals surface area contributed by atoms with Crippen LogP contribution in [0.15, 0.2) is 35.1 Å². The van der Waals surface area contributed by atoms with Gasteiger partial charge in [0.2, 0.25) is 0 Å². The molecule has 17 heavy (non-hydrogen) atoms. The molecular weight excluding hydrogens is 280 g/mol. The third-order valence-electron chi connectivity index (χ3n) is 2.21. The zero-order valence-corrected chi connectivity index (χ0v) is 11.2. The van der Waals surface area contributed by atoms with Gasteiger partial charge in [0.05, 0.1) is 12.4 Å². The van der Waals surface area contributed by atoms with Gasteiger partial charge in [0, 0.05) is 17.2 Å². The van der Waals surface area contributed by atoms with Crippen LogP contribution in [0.25, 0.3) is 0 Å². The first-order valence-corrected chi connectivity index (χ1v) is 6.00. The van der Waals surface area contributed by atoms with Crippen LogP contribution >= 0.6 is 15.9 Å². The summed E-state index contributed by atoms with van der Waals surface area (Å²) >= 11 is 3.47. The van der Waals surface area contributed by atoms with Crippen LogP contribution in [0.3, 0.4) is 0 Å². The summed E-state index contributed by atoms with van der Waals surface area (Å²) in [5.74, 6) is 1.45. The number of hydrogen-bond acceptors (Lipinski definition) is 4. The topological polar surface area (TPSA) is 49.8 Å². The number of anilines is 3. The molecule has 0 amide bonds. The summed E-state index contributed by atoms with van der Waals surface area (Å²) in [6, 6.07) is 6.11. The molecule has 5 heteroatoms. The Morgan fingerprint density at radius 3 is 2.59 bits per heavy atom. The molecule has 0 fully saturated rings. The second-order valence-corrected chi connectivity index (χ2v) is 4.60. The Hall–Kier alpha value is -1.62. The number of hydrogen-bond donors (Lipinski definition) is 2. The fraction of sp³-hybridized carbons (Fsp3) is 0.167. The third kappa shape index (κ3) is 3.17. The van der Waals surface area contributed by atoms with E-state index in [0.717, 1.165) is 16.0 Å². The zero-order valence-electron chi connectivity index (χ0n) is 9.66. The van der Waals surface area contributed by atoms with E-state index >= 15 is 0 Å². The lowest BCUT2D eigenvalue weighted by molar-refractivity contribution is 1.18. The van der Waals surface area contributed by atoms with Crippen molar-refractivity contribution in [2.75, 3.05) is 17.7 Å². The quantitative estimate of drug-likeness (QED) is 0.911. The van der Waals surface area contributed by atoms with E-state index in [-0.39, 0.29) is 0 Å². The molecule has 1 aromatic carbocycles. The summed E-state index contributed by atoms with van der Waals surface area (Å²) in [6.45, 7) is 2.05. The van der Waals surface area contributed by atoms with E-state index < -0.39 is 0 Å². The minimum absolute atomic E-state index is 0.717. The molecule has 2 aromatic rings. The second kappa shape index (κ2) is 5.14. The van der Waals surface area contributed by atoms with Gasteiger partial charge in [-0.2, -0.15) is 0 Å². The van der Waals surface area contributed by atoms with Crippen LogP contribution in [0.1, 0.15) is 5.56 Å². The molecule has 0 unspecified atom stereocenters. The van der Waals surface area contributed by atoms with Crippen LogP contribution in [0.4, 0.5) is 17.3 Å². The first kappa shape index (κ1) is 11.9. The van der Waals surface area contributed by atoms with E-state index in [9.17, 15) is 0 Å². The Bertz CT molecular complexity index is 507. The average molecular weight is 293 g/mol. The molecule has 88 valence electrons. The molecular formula is C12H13BrN4. The summed E-state index contributed by atoms with van der Waals surface area (Å²) in [6.07, 6.45) is 3.37. The Labute approximate surface area is 109 Å². The first-order chi connectivity index (χ1) is 8.17. The molecule has 1 aromatic heterocycles. The van der Waals surface area contributed by atoms with Crippen LogP contribution in [-0.4, -0.2) is 17.0 Å². The molecule has 0 aliphatic carbocycles. The summed E-state index contributed by atoms with van der Waals surface area (Å²) in [4.78, 5) is 8.44. The third-order valence-corrected chi connectivity index (χ3v) is 2.66. The Morgan fingerprint density at radius 2 is 1.88 bits per heavy atom. The first-order valence-electron chi connectivity index (χ1n) is 5.21. The summed E-state index contributed by atoms with van der Waals surface area (Å²) in [5.41, 5.74) is 2.17. The van der Waals surface area contributed by atoms with Gasteiger partial charge < -0.3 is 10.6 Å². The molecule has 0 saturated heterocycles. The van der Waals surface area contributed by atoms with E-state index in [4.69, 9.17) is 0 Å². The van der Waals surface area contributed by atoms with Crippen molar-refractivity contribution in [1.82, 2.24) is 9.97 Å². The van der Waals surface area contributed by atoms with Gasteiger partial charge in [-0.15, -0.1) is 0 Å². The minimum atomic E-state index is 0.717. The van der Waals surface area contributed by atoms with Crippen molar-refractivity contribution < 1.29 is 0 Å². The molecule has 0 radical (unpaired) electrons. The van der Waals surface area contributed by atoms with E-state index in [1.165, 1.54) is 5.56 Å². The average Bonchev–Trinajstić information content (AvgIpc) is 2.28. The van der Waals surface area contributed by atoms with Gasteiger partial charge in [0.1, 0.15) is 5.82 Å². The molecule has 2 rings (SSSR count). The minimum Gasteiger partial charge on any atom is -0.372 e. The molecule has 0 aliphatic heterocycles. The fourth-order valence-corrected chi connectivity index (χ4v) is 2.11. The maximum Gasteiger partial charge on any atom is 0.151 e. The van der Waals surface area contributed by atoms with Gasteiger partial charge in [-0.1, -0.05) is 15.9 Å². The summed E-state index contributed by atoms with van der Waals surface area (Å²) in [5, 5.41) is 6.17. The zero-order chi connectivity index (χ0) is 12.3. The van der Waals surface area contributed by atoms with Crippen molar-refractivity contribution in [3.05, 3.63) is 40.6 Å². The van der Waals surface area contributed by atoms with Crippen LogP contribution in [-0.2, 0) is 0 Å². The Kier molecular flexibility index (Phi) is 3.58. The predicted octanol–water partition coefficient (Wildman–Crippen LogP) is 3.33. The van der Waals surface area contributed by atoms with Gasteiger partial charge in [0.15, 0.2) is 5.82 Å². The van der Waals surface area contributed by atoms with Crippen LogP contribution in [0, 0.1) is 6.92 Å². The molecule has 0 spiro atoms. The monoisotopic (exact) mass is 292 g/mol. The fourth-order valence-electron chi connectivity index (χ4n) is 1.50. The van der Waals surface area contributed by atoms with Gasteiger partial charge in [-0.05, 0) is 30.7 Å². The largest absolute Gasteiger partial charge is 0.372 e. The highest BCUT2D eigenvalue weighted by molar-refractivity contribution is 9.10. The van der Waals surface area contributed by atoms with Crippen LogP contribution < -0.4 is 10.6 Å². The van der Waals surface area contributed by atoms with Gasteiger partial charge >= 0.3 is 0 Å². The number of nitrogens with zero attached hydrogens (tertiary/aromatic N) is 2. The van der Waals surface area contributed by atoms with E-state index in [0.29, 0.717) is 5.82 Å². The molecule has 1 heterocycles. The number of rotatable bonds is 3. The highest BCUT2D eigenvalue weighted by atomic mass is 79.9. The lowest BCUT2D eigenvalue weighted by Crippen LogP contribution is -1.99. The Balaban J connectivity index is 2.24. The predicted molar refractivity (Wildman–Crippen MR) is 73.7 cm³/mol. The van der Waals surface area contributed by atoms with Crippen molar-refractivity contribution in [2.24, 2.45) is 0 Å². The van der Waals surface area contributed by atoms with Gasteiger partial charge in [0.25, 0.3) is 0 Å². The molecule has 2 N–H and O–H groups in total. The molecule has 0 bridgehead atoms. The maximum atomic E-state index is 4.35. The van der Waals surface area contributed by atoms with Crippen molar-refractivity contribution in [1.29, 1.82) is 0 Å². The molecule has 0 atom stereocenters. The maximum absolute atomic E-state index is 4.35. The van der Waals surface area contributed by atoms with Crippen molar-refractivity contribution in [2.45, 2.75) is 6.92 Å². The van der Waals surface area contributed by atoms with Crippen LogP contribution in [0.2, 0.25) is 0 Å². The SMILES string of the molecule is CNc1cncc(Nc2cc(C)cc(Br)c2)n1. The number of halogens is 1. The van der Waals surface area contributed by atoms with Crippen molar-refractivity contribution in [3.63, 3.8) is 0 Å². The molecule has 0 saturated carbocycles. The van der Waals surface area contributed by atoms with Crippen LogP contribution in [0.5, 0.6) is 0 Å². The summed E-state index contributed by atoms with van der Waals surface area (Å²) < 4.78 is 1.04. The summed E-state index contributed by atoms with van der Waals surface area (Å²) in [7, 11) is 1.82. The van der Waals surface area contributed by atoms with Crippen molar-refractivity contribution >= 4 is 33.3 Å². The highest BCUT2D eigenvalue weighted by Gasteiger charge is 2.00. The smallest absolute Gasteiger partial charge is 0.151 e. The standard InChI is InChI=1S/C12H13BrN4/c1-8-3-9(13)5-10(4-8)16-12-7-15-6-11(14-2)17-12/h3-7H,1-2H3,(H2,14,16,17). The van der Waals surface area contributed by atoms with E-state index in [2.05, 4.69) is 48.7 Å². The number of aryl methyl sites for hydroxylation is 1. The van der Waals surface area contributed by atoms with E-state index in [1.54, 1.807) is 12.4 Å². The number of aromatic nitrogens is 2. The normalized spacial score (nSPS) is 10.1. The molecule has 4 nitrogen and oxygen atoms in total. The number of benzene rings is 1. The highest BCUT2D eigenvalue weighted by Crippen LogP contribution is 2.21. The number of nitrogens with one attached hydrogen (secondary N) is 2. The lowest BCUT2D eigenvalue weighted by Gasteiger charge is -2.08.